The molecular formula is C52H101NO4. The molecule has 2 unspecified atom stereocenters. The minimum atomic E-state index is -0.871. The van der Waals surface area contributed by atoms with Gasteiger partial charge in [-0.3, -0.25) is 4.79 Å². The second-order valence-corrected chi connectivity index (χ2v) is 17.7. The number of aliphatic hydroxyl groups is 3. The lowest BCUT2D eigenvalue weighted by atomic mass is 10.0. The third kappa shape index (κ3) is 45.8. The third-order valence-corrected chi connectivity index (χ3v) is 12.0. The van der Waals surface area contributed by atoms with Crippen molar-refractivity contribution in [2.24, 2.45) is 0 Å². The van der Waals surface area contributed by atoms with E-state index >= 15 is 0 Å². The second-order valence-electron chi connectivity index (χ2n) is 17.7. The fraction of sp³-hybridized carbons (Fsp3) is 0.904. The molecule has 0 rings (SSSR count). The molecular weight excluding hydrogens is 703 g/mol. The summed E-state index contributed by atoms with van der Waals surface area (Å²) in [5.74, 6) is -0.241. The Balaban J connectivity index is 3.47. The highest BCUT2D eigenvalue weighted by Crippen LogP contribution is 2.17. The molecule has 0 spiro atoms. The number of unbranched alkanes of at least 4 members (excludes halogenated alkanes) is 40. The van der Waals surface area contributed by atoms with E-state index < -0.39 is 12.1 Å². The number of carbonyl (C=O) groups excluding carboxylic acids is 1. The maximum atomic E-state index is 12.3. The molecule has 2 atom stereocenters. The Morgan fingerprint density at radius 3 is 1.00 bits per heavy atom. The Morgan fingerprint density at radius 2 is 0.702 bits per heavy atom. The first-order valence-electron chi connectivity index (χ1n) is 25.7. The summed E-state index contributed by atoms with van der Waals surface area (Å²) in [6.07, 6.45) is 62.3. The Labute approximate surface area is 356 Å². The lowest BCUT2D eigenvalue weighted by Gasteiger charge is -2.18. The van der Waals surface area contributed by atoms with E-state index in [1.54, 1.807) is 12.2 Å². The van der Waals surface area contributed by atoms with Gasteiger partial charge in [-0.05, 0) is 38.2 Å². The van der Waals surface area contributed by atoms with Gasteiger partial charge in [0.2, 0.25) is 5.91 Å². The molecule has 0 bridgehead atoms. The van der Waals surface area contributed by atoms with E-state index in [1.807, 2.05) is 12.2 Å². The molecule has 0 aromatic rings. The van der Waals surface area contributed by atoms with Gasteiger partial charge in [0.25, 0.3) is 0 Å². The fourth-order valence-electron chi connectivity index (χ4n) is 8.10. The van der Waals surface area contributed by atoms with Crippen LogP contribution >= 0.6 is 0 Å². The molecule has 0 saturated carbocycles. The number of hydrogen-bond acceptors (Lipinski definition) is 4. The van der Waals surface area contributed by atoms with Gasteiger partial charge in [-0.1, -0.05) is 263 Å². The van der Waals surface area contributed by atoms with E-state index in [-0.39, 0.29) is 12.5 Å². The predicted molar refractivity (Wildman–Crippen MR) is 250 cm³/mol. The summed E-state index contributed by atoms with van der Waals surface area (Å²) in [4.78, 5) is 12.3. The topological polar surface area (TPSA) is 89.8 Å². The van der Waals surface area contributed by atoms with Crippen molar-refractivity contribution in [1.29, 1.82) is 0 Å². The first-order chi connectivity index (χ1) is 28.2. The monoisotopic (exact) mass is 804 g/mol. The minimum absolute atomic E-state index is 0.241. The highest BCUT2D eigenvalue weighted by Gasteiger charge is 2.17. The van der Waals surface area contributed by atoms with Crippen molar-refractivity contribution in [3.63, 3.8) is 0 Å². The molecule has 0 aromatic heterocycles. The third-order valence-electron chi connectivity index (χ3n) is 12.0. The van der Waals surface area contributed by atoms with E-state index in [9.17, 15) is 15.0 Å². The first kappa shape index (κ1) is 55.8. The molecule has 0 radical (unpaired) electrons. The van der Waals surface area contributed by atoms with Crippen LogP contribution in [0.4, 0.5) is 0 Å². The Bertz CT molecular complexity index is 829. The molecule has 338 valence electrons. The molecule has 57 heavy (non-hydrogen) atoms. The van der Waals surface area contributed by atoms with Crippen molar-refractivity contribution in [3.8, 4) is 0 Å². The van der Waals surface area contributed by atoms with Crippen molar-refractivity contribution in [2.45, 2.75) is 289 Å². The van der Waals surface area contributed by atoms with E-state index in [2.05, 4.69) is 12.2 Å². The van der Waals surface area contributed by atoms with E-state index in [1.165, 1.54) is 238 Å². The van der Waals surface area contributed by atoms with Gasteiger partial charge in [0.05, 0.1) is 18.8 Å². The second kappa shape index (κ2) is 49.2. The molecule has 5 heteroatoms. The van der Waals surface area contributed by atoms with Crippen molar-refractivity contribution in [2.75, 3.05) is 13.2 Å². The van der Waals surface area contributed by atoms with Crippen LogP contribution in [0.5, 0.6) is 0 Å². The van der Waals surface area contributed by atoms with Crippen LogP contribution in [0.15, 0.2) is 24.3 Å². The zero-order valence-corrected chi connectivity index (χ0v) is 38.3. The number of amides is 1. The maximum absolute atomic E-state index is 12.3. The van der Waals surface area contributed by atoms with Crippen LogP contribution in [-0.2, 0) is 4.79 Å². The zero-order chi connectivity index (χ0) is 41.4. The SMILES string of the molecule is CCCCCCCCCCCCCCCC=CC(O)C(CO)NC(=O)C=CCCCCCCCCCCCCCCCCCCCCCCCCCCCCCO. The van der Waals surface area contributed by atoms with Crippen molar-refractivity contribution in [3.05, 3.63) is 24.3 Å². The maximum Gasteiger partial charge on any atom is 0.244 e. The van der Waals surface area contributed by atoms with Gasteiger partial charge in [-0.2, -0.15) is 0 Å². The molecule has 1 amide bonds. The van der Waals surface area contributed by atoms with Gasteiger partial charge in [0.15, 0.2) is 0 Å². The summed E-state index contributed by atoms with van der Waals surface area (Å²) in [6.45, 7) is 2.36. The Hall–Kier alpha value is -1.17. The largest absolute Gasteiger partial charge is 0.396 e. The van der Waals surface area contributed by atoms with Crippen molar-refractivity contribution < 1.29 is 20.1 Å². The number of allylic oxidation sites excluding steroid dienone is 2. The Morgan fingerprint density at radius 1 is 0.421 bits per heavy atom. The summed E-state index contributed by atoms with van der Waals surface area (Å²) in [6, 6.07) is -0.671. The molecule has 0 heterocycles. The summed E-state index contributed by atoms with van der Waals surface area (Å²) in [5, 5.41) is 31.8. The number of aliphatic hydroxyl groups excluding tert-OH is 3. The molecule has 0 fully saturated rings. The molecule has 0 aromatic carbocycles. The Kier molecular flexibility index (Phi) is 48.2. The summed E-state index contributed by atoms with van der Waals surface area (Å²) in [5.41, 5.74) is 0. The predicted octanol–water partition coefficient (Wildman–Crippen LogP) is 15.3. The van der Waals surface area contributed by atoms with Gasteiger partial charge >= 0.3 is 0 Å². The van der Waals surface area contributed by atoms with Gasteiger partial charge in [-0.15, -0.1) is 0 Å². The van der Waals surface area contributed by atoms with Crippen molar-refractivity contribution in [1.82, 2.24) is 5.32 Å². The van der Waals surface area contributed by atoms with Crippen LogP contribution in [0.25, 0.3) is 0 Å². The van der Waals surface area contributed by atoms with E-state index in [0.29, 0.717) is 6.61 Å². The average Bonchev–Trinajstić information content (AvgIpc) is 3.22. The summed E-state index contributed by atoms with van der Waals surface area (Å²) in [7, 11) is 0. The average molecular weight is 804 g/mol. The minimum Gasteiger partial charge on any atom is -0.396 e. The first-order valence-corrected chi connectivity index (χ1v) is 25.7. The van der Waals surface area contributed by atoms with Gasteiger partial charge in [-0.25, -0.2) is 0 Å². The molecule has 4 N–H and O–H groups in total. The zero-order valence-electron chi connectivity index (χ0n) is 38.3. The molecule has 0 aliphatic rings. The highest BCUT2D eigenvalue weighted by molar-refractivity contribution is 5.87. The molecule has 0 aliphatic heterocycles. The molecule has 0 saturated heterocycles. The molecule has 5 nitrogen and oxygen atoms in total. The van der Waals surface area contributed by atoms with E-state index in [4.69, 9.17) is 5.11 Å². The standard InChI is InChI=1S/C52H101NO4/c1-2-3-4-5-6-7-8-9-25-28-31-34-37-40-43-46-51(56)50(49-55)53-52(57)47-44-41-38-35-32-29-26-23-21-19-17-15-13-11-10-12-14-16-18-20-22-24-27-30-33-36-39-42-45-48-54/h43-44,46-47,50-51,54-56H,2-42,45,48-49H2,1H3,(H,53,57). The van der Waals surface area contributed by atoms with Gasteiger partial charge in [0, 0.05) is 6.61 Å². The van der Waals surface area contributed by atoms with Gasteiger partial charge < -0.3 is 20.6 Å². The van der Waals surface area contributed by atoms with Crippen LogP contribution in [0.2, 0.25) is 0 Å². The van der Waals surface area contributed by atoms with Crippen LogP contribution in [0.1, 0.15) is 277 Å². The van der Waals surface area contributed by atoms with Crippen LogP contribution in [-0.4, -0.2) is 46.6 Å². The number of nitrogens with one attached hydrogen (secondary N) is 1. The number of rotatable bonds is 48. The lowest BCUT2D eigenvalue weighted by molar-refractivity contribution is -0.118. The van der Waals surface area contributed by atoms with E-state index in [0.717, 1.165) is 32.1 Å². The van der Waals surface area contributed by atoms with Crippen LogP contribution in [0, 0.1) is 0 Å². The van der Waals surface area contributed by atoms with Crippen LogP contribution in [0.3, 0.4) is 0 Å². The number of carbonyl (C=O) groups is 1. The van der Waals surface area contributed by atoms with Crippen molar-refractivity contribution >= 4 is 5.91 Å². The fourth-order valence-corrected chi connectivity index (χ4v) is 8.10. The smallest absolute Gasteiger partial charge is 0.244 e. The highest BCUT2D eigenvalue weighted by atomic mass is 16.3. The van der Waals surface area contributed by atoms with Crippen LogP contribution < -0.4 is 5.32 Å². The summed E-state index contributed by atoms with van der Waals surface area (Å²) >= 11 is 0. The molecule has 0 aliphatic carbocycles. The normalized spacial score (nSPS) is 13.0. The van der Waals surface area contributed by atoms with Gasteiger partial charge in [0.1, 0.15) is 0 Å². The summed E-state index contributed by atoms with van der Waals surface area (Å²) < 4.78 is 0. The quantitative estimate of drug-likeness (QED) is 0.0280. The lowest BCUT2D eigenvalue weighted by Crippen LogP contribution is -2.44. The number of hydrogen-bond donors (Lipinski definition) is 4.